The van der Waals surface area contributed by atoms with Crippen LogP contribution in [0.3, 0.4) is 0 Å². The van der Waals surface area contributed by atoms with E-state index >= 15 is 0 Å². The molecule has 1 aliphatic heterocycles. The van der Waals surface area contributed by atoms with Crippen LogP contribution in [0.2, 0.25) is 0 Å². The molecule has 2 aliphatic rings. The zero-order valence-corrected chi connectivity index (χ0v) is 21.6. The number of carbonyl (C=O) groups is 1. The summed E-state index contributed by atoms with van der Waals surface area (Å²) in [6.07, 6.45) is 10.3. The molecule has 1 atom stereocenters. The van der Waals surface area contributed by atoms with E-state index in [-0.39, 0.29) is 12.1 Å². The maximum Gasteiger partial charge on any atom is 0.254 e. The Kier molecular flexibility index (Phi) is 7.44. The molecule has 1 aliphatic carbocycles. The number of aromatic nitrogens is 1. The fraction of sp³-hybridized carbons (Fsp3) is 0.400. The van der Waals surface area contributed by atoms with Crippen molar-refractivity contribution in [3.8, 4) is 11.1 Å². The van der Waals surface area contributed by atoms with E-state index in [0.29, 0.717) is 18.0 Å². The van der Waals surface area contributed by atoms with Gasteiger partial charge in [0.05, 0.1) is 11.7 Å². The van der Waals surface area contributed by atoms with Crippen LogP contribution in [0.5, 0.6) is 0 Å². The van der Waals surface area contributed by atoms with Gasteiger partial charge in [-0.1, -0.05) is 45.1 Å². The number of aryl methyl sites for hydroxylation is 1. The van der Waals surface area contributed by atoms with Crippen LogP contribution in [-0.2, 0) is 4.79 Å². The third kappa shape index (κ3) is 5.67. The number of carbonyl (C=O) groups excluding carboxylic acids is 1. The maximum atomic E-state index is 13.1. The second-order valence-electron chi connectivity index (χ2n) is 10.3. The second-order valence-corrected chi connectivity index (χ2v) is 10.3. The Bertz CT molecular complexity index is 1130. The number of nitrogens with one attached hydrogen (secondary N) is 1. The van der Waals surface area contributed by atoms with E-state index in [1.165, 1.54) is 25.7 Å². The Labute approximate surface area is 210 Å². The highest BCUT2D eigenvalue weighted by Gasteiger charge is 2.31. The number of rotatable bonds is 5. The first-order valence-corrected chi connectivity index (χ1v) is 12.6. The summed E-state index contributed by atoms with van der Waals surface area (Å²) in [6.45, 7) is 15.8. The average Bonchev–Trinajstić information content (AvgIpc) is 2.95. The lowest BCUT2D eigenvalue weighted by molar-refractivity contribution is -0.118. The summed E-state index contributed by atoms with van der Waals surface area (Å²) in [7, 11) is 1.96. The molecule has 2 fully saturated rings. The molecule has 2 aromatic rings. The van der Waals surface area contributed by atoms with Crippen LogP contribution < -0.4 is 10.2 Å². The first kappa shape index (κ1) is 24.8. The lowest BCUT2D eigenvalue weighted by atomic mass is 9.81. The van der Waals surface area contributed by atoms with E-state index in [1.807, 2.05) is 44.4 Å². The van der Waals surface area contributed by atoms with Crippen molar-refractivity contribution in [1.82, 2.24) is 15.2 Å². The molecule has 1 unspecified atom stereocenters. The van der Waals surface area contributed by atoms with Gasteiger partial charge in [-0.05, 0) is 73.4 Å². The SMILES string of the molecule is C=C1CN(C(=C)C2CCC(C)CC2)C(C)NC(=O)/C1=C/N(C)c1ccc(-c2cncc(C)c2)cc1. The number of pyridine rings is 1. The van der Waals surface area contributed by atoms with E-state index in [4.69, 9.17) is 0 Å². The molecule has 0 spiro atoms. The first-order valence-electron chi connectivity index (χ1n) is 12.6. The van der Waals surface area contributed by atoms with Crippen molar-refractivity contribution in [2.45, 2.75) is 52.6 Å². The maximum absolute atomic E-state index is 13.1. The summed E-state index contributed by atoms with van der Waals surface area (Å²) in [4.78, 5) is 21.6. The summed E-state index contributed by atoms with van der Waals surface area (Å²) in [5.74, 6) is 1.18. The highest BCUT2D eigenvalue weighted by atomic mass is 16.2. The Morgan fingerprint density at radius 2 is 1.80 bits per heavy atom. The quantitative estimate of drug-likeness (QED) is 0.540. The van der Waals surface area contributed by atoms with E-state index < -0.39 is 0 Å². The van der Waals surface area contributed by atoms with E-state index in [2.05, 4.69) is 65.6 Å². The lowest BCUT2D eigenvalue weighted by Crippen LogP contribution is -2.45. The molecule has 1 amide bonds. The van der Waals surface area contributed by atoms with Gasteiger partial charge < -0.3 is 15.1 Å². The molecule has 1 saturated heterocycles. The largest absolute Gasteiger partial charge is 0.351 e. The summed E-state index contributed by atoms with van der Waals surface area (Å²) >= 11 is 0. The van der Waals surface area contributed by atoms with Crippen LogP contribution in [0.25, 0.3) is 11.1 Å². The van der Waals surface area contributed by atoms with Gasteiger partial charge in [-0.3, -0.25) is 9.78 Å². The van der Waals surface area contributed by atoms with Crippen molar-refractivity contribution in [3.63, 3.8) is 0 Å². The van der Waals surface area contributed by atoms with Crippen molar-refractivity contribution >= 4 is 11.6 Å². The van der Waals surface area contributed by atoms with E-state index in [0.717, 1.165) is 39.6 Å². The molecule has 5 heteroatoms. The van der Waals surface area contributed by atoms with E-state index in [1.54, 1.807) is 0 Å². The molecule has 1 N–H and O–H groups in total. The van der Waals surface area contributed by atoms with Gasteiger partial charge in [-0.2, -0.15) is 0 Å². The second kappa shape index (κ2) is 10.5. The Morgan fingerprint density at radius 3 is 2.46 bits per heavy atom. The van der Waals surface area contributed by atoms with Gasteiger partial charge in [0, 0.05) is 49.1 Å². The molecule has 0 radical (unpaired) electrons. The Hall–Kier alpha value is -3.34. The average molecular weight is 471 g/mol. The molecular formula is C30H38N4O. The van der Waals surface area contributed by atoms with Gasteiger partial charge in [-0.25, -0.2) is 0 Å². The third-order valence-corrected chi connectivity index (χ3v) is 7.46. The minimum absolute atomic E-state index is 0.0932. The predicted molar refractivity (Wildman–Crippen MR) is 145 cm³/mol. The fourth-order valence-corrected chi connectivity index (χ4v) is 5.13. The first-order chi connectivity index (χ1) is 16.7. The van der Waals surface area contributed by atoms with Crippen LogP contribution >= 0.6 is 0 Å². The highest BCUT2D eigenvalue weighted by molar-refractivity contribution is 5.98. The van der Waals surface area contributed by atoms with Gasteiger partial charge >= 0.3 is 0 Å². The van der Waals surface area contributed by atoms with Crippen molar-refractivity contribution in [2.75, 3.05) is 18.5 Å². The number of hydrogen-bond acceptors (Lipinski definition) is 4. The number of amides is 1. The molecule has 1 aromatic heterocycles. The molecule has 35 heavy (non-hydrogen) atoms. The van der Waals surface area contributed by atoms with Gasteiger partial charge in [-0.15, -0.1) is 0 Å². The van der Waals surface area contributed by atoms with Crippen LogP contribution in [0.1, 0.15) is 45.1 Å². The van der Waals surface area contributed by atoms with Gasteiger partial charge in [0.2, 0.25) is 0 Å². The minimum Gasteiger partial charge on any atom is -0.351 e. The van der Waals surface area contributed by atoms with Gasteiger partial charge in [0.15, 0.2) is 0 Å². The summed E-state index contributed by atoms with van der Waals surface area (Å²) < 4.78 is 0. The number of hydrogen-bond donors (Lipinski definition) is 1. The molecule has 5 nitrogen and oxygen atoms in total. The van der Waals surface area contributed by atoms with E-state index in [9.17, 15) is 4.79 Å². The number of benzene rings is 1. The number of allylic oxidation sites excluding steroid dienone is 1. The summed E-state index contributed by atoms with van der Waals surface area (Å²) in [5.41, 5.74) is 6.89. The standard InChI is InChI=1S/C30H38N4O/c1-20-7-9-25(10-8-20)23(4)34-18-22(3)29(30(35)32-24(34)5)19-33(6)28-13-11-26(12-14-28)27-15-21(2)16-31-17-27/h11-17,19-20,24-25H,3-4,7-10,18H2,1-2,5-6H3,(H,32,35)/b29-19+. The molecule has 0 bridgehead atoms. The molecule has 4 rings (SSSR count). The monoisotopic (exact) mass is 470 g/mol. The Morgan fingerprint density at radius 1 is 1.11 bits per heavy atom. The Balaban J connectivity index is 1.49. The molecule has 2 heterocycles. The minimum atomic E-state index is -0.121. The molecule has 1 aromatic carbocycles. The van der Waals surface area contributed by atoms with Crippen LogP contribution in [0.4, 0.5) is 5.69 Å². The third-order valence-electron chi connectivity index (χ3n) is 7.46. The van der Waals surface area contributed by atoms with Gasteiger partial charge in [0.1, 0.15) is 0 Å². The molecule has 1 saturated carbocycles. The van der Waals surface area contributed by atoms with Crippen molar-refractivity contribution in [2.24, 2.45) is 11.8 Å². The predicted octanol–water partition coefficient (Wildman–Crippen LogP) is 6.05. The molecular weight excluding hydrogens is 432 g/mol. The van der Waals surface area contributed by atoms with Crippen LogP contribution in [-0.4, -0.2) is 35.5 Å². The van der Waals surface area contributed by atoms with Crippen molar-refractivity contribution in [1.29, 1.82) is 0 Å². The normalized spacial score (nSPS) is 24.2. The van der Waals surface area contributed by atoms with Gasteiger partial charge in [0.25, 0.3) is 5.91 Å². The summed E-state index contributed by atoms with van der Waals surface area (Å²) in [5, 5.41) is 3.16. The summed E-state index contributed by atoms with van der Waals surface area (Å²) in [6, 6.07) is 10.4. The molecule has 184 valence electrons. The lowest BCUT2D eigenvalue weighted by Gasteiger charge is -2.37. The smallest absolute Gasteiger partial charge is 0.254 e. The number of nitrogens with zero attached hydrogens (tertiary/aromatic N) is 3. The van der Waals surface area contributed by atoms with Crippen LogP contribution in [0.15, 0.2) is 78.9 Å². The highest BCUT2D eigenvalue weighted by Crippen LogP contribution is 2.35. The van der Waals surface area contributed by atoms with Crippen molar-refractivity contribution < 1.29 is 4.79 Å². The zero-order valence-electron chi connectivity index (χ0n) is 21.6. The zero-order chi connectivity index (χ0) is 25.1. The number of anilines is 1. The topological polar surface area (TPSA) is 48.5 Å². The van der Waals surface area contributed by atoms with Crippen molar-refractivity contribution in [3.05, 3.63) is 84.5 Å². The fourth-order valence-electron chi connectivity index (χ4n) is 5.13. The van der Waals surface area contributed by atoms with Crippen LogP contribution in [0, 0.1) is 18.8 Å².